The van der Waals surface area contributed by atoms with Crippen LogP contribution in [0, 0.1) is 11.8 Å². The van der Waals surface area contributed by atoms with Crippen LogP contribution in [0.15, 0.2) is 48.5 Å². The first-order valence-electron chi connectivity index (χ1n) is 13.0. The summed E-state index contributed by atoms with van der Waals surface area (Å²) in [5.74, 6) is 1.93. The van der Waals surface area contributed by atoms with Crippen molar-refractivity contribution in [1.29, 1.82) is 0 Å². The quantitative estimate of drug-likeness (QED) is 0.189. The van der Waals surface area contributed by atoms with E-state index in [2.05, 4.69) is 52.0 Å². The molecule has 0 saturated carbocycles. The summed E-state index contributed by atoms with van der Waals surface area (Å²) in [7, 11) is 0. The predicted octanol–water partition coefficient (Wildman–Crippen LogP) is 8.60. The van der Waals surface area contributed by atoms with E-state index in [1.165, 1.54) is 38.5 Å². The second-order valence-electron chi connectivity index (χ2n) is 9.78. The Hall–Kier alpha value is -2.29. The number of benzene rings is 2. The first-order chi connectivity index (χ1) is 16.0. The molecule has 0 saturated heterocycles. The Bertz CT molecular complexity index is 777. The van der Waals surface area contributed by atoms with Crippen LogP contribution in [-0.4, -0.2) is 12.6 Å². The standard InChI is InChI=1S/C30H44O3/c1-5-6-7-8-9-21-32-29-19-17-28(18-20-29)27-15-13-26(14-16-27)23-33-30(31)22-25(4)12-10-11-24(2)3/h13-20,24-25H,5-12,21-23H2,1-4H3/t25-/m0/s1. The molecule has 1 atom stereocenters. The summed E-state index contributed by atoms with van der Waals surface area (Å²) >= 11 is 0. The minimum absolute atomic E-state index is 0.0999. The van der Waals surface area contributed by atoms with Crippen LogP contribution in [-0.2, 0) is 16.1 Å². The summed E-state index contributed by atoms with van der Waals surface area (Å²) in [6, 6.07) is 16.5. The van der Waals surface area contributed by atoms with E-state index >= 15 is 0 Å². The lowest BCUT2D eigenvalue weighted by Crippen LogP contribution is -2.10. The molecule has 0 aromatic heterocycles. The highest BCUT2D eigenvalue weighted by atomic mass is 16.5. The average Bonchev–Trinajstić information content (AvgIpc) is 2.80. The molecule has 33 heavy (non-hydrogen) atoms. The molecule has 0 heterocycles. The molecule has 0 amide bonds. The lowest BCUT2D eigenvalue weighted by molar-refractivity contribution is -0.146. The van der Waals surface area contributed by atoms with Crippen LogP contribution in [0.4, 0.5) is 0 Å². The molecule has 0 aliphatic rings. The highest BCUT2D eigenvalue weighted by Crippen LogP contribution is 2.23. The summed E-state index contributed by atoms with van der Waals surface area (Å²) in [6.45, 7) is 9.98. The van der Waals surface area contributed by atoms with Gasteiger partial charge in [0.25, 0.3) is 0 Å². The molecule has 0 spiro atoms. The Morgan fingerprint density at radius 1 is 0.788 bits per heavy atom. The Morgan fingerprint density at radius 2 is 1.42 bits per heavy atom. The molecule has 0 fully saturated rings. The second-order valence-corrected chi connectivity index (χ2v) is 9.78. The molecule has 0 unspecified atom stereocenters. The average molecular weight is 453 g/mol. The number of esters is 1. The number of hydrogen-bond acceptors (Lipinski definition) is 3. The Balaban J connectivity index is 1.72. The maximum atomic E-state index is 12.2. The van der Waals surface area contributed by atoms with Crippen LogP contribution in [0.3, 0.4) is 0 Å². The van der Waals surface area contributed by atoms with Gasteiger partial charge in [-0.05, 0) is 47.1 Å². The van der Waals surface area contributed by atoms with Gasteiger partial charge in [0, 0.05) is 6.42 Å². The highest BCUT2D eigenvalue weighted by molar-refractivity contribution is 5.69. The fourth-order valence-electron chi connectivity index (χ4n) is 3.92. The predicted molar refractivity (Wildman–Crippen MR) is 138 cm³/mol. The molecule has 3 heteroatoms. The van der Waals surface area contributed by atoms with Gasteiger partial charge in [-0.25, -0.2) is 0 Å². The SMILES string of the molecule is CCCCCCCOc1ccc(-c2ccc(COC(=O)C[C@@H](C)CCCC(C)C)cc2)cc1. The largest absolute Gasteiger partial charge is 0.494 e. The van der Waals surface area contributed by atoms with Crippen molar-refractivity contribution in [2.45, 2.75) is 92.1 Å². The molecule has 0 radical (unpaired) electrons. The number of carbonyl (C=O) groups is 1. The zero-order chi connectivity index (χ0) is 23.9. The Kier molecular flexibility index (Phi) is 12.7. The van der Waals surface area contributed by atoms with Crippen molar-refractivity contribution < 1.29 is 14.3 Å². The van der Waals surface area contributed by atoms with Crippen LogP contribution >= 0.6 is 0 Å². The van der Waals surface area contributed by atoms with Crippen molar-refractivity contribution in [3.8, 4) is 16.9 Å². The number of rotatable bonds is 16. The van der Waals surface area contributed by atoms with Gasteiger partial charge in [-0.1, -0.05) is 109 Å². The van der Waals surface area contributed by atoms with Gasteiger partial charge in [0.1, 0.15) is 12.4 Å². The monoisotopic (exact) mass is 452 g/mol. The van der Waals surface area contributed by atoms with E-state index < -0.39 is 0 Å². The van der Waals surface area contributed by atoms with Crippen molar-refractivity contribution in [2.75, 3.05) is 6.61 Å². The lowest BCUT2D eigenvalue weighted by Gasteiger charge is -2.12. The molecule has 2 aromatic carbocycles. The molecule has 2 aromatic rings. The zero-order valence-electron chi connectivity index (χ0n) is 21.3. The van der Waals surface area contributed by atoms with E-state index in [1.807, 2.05) is 24.3 Å². The zero-order valence-corrected chi connectivity index (χ0v) is 21.3. The van der Waals surface area contributed by atoms with Gasteiger partial charge in [-0.3, -0.25) is 4.79 Å². The molecule has 3 nitrogen and oxygen atoms in total. The van der Waals surface area contributed by atoms with Crippen molar-refractivity contribution >= 4 is 5.97 Å². The number of hydrogen-bond donors (Lipinski definition) is 0. The lowest BCUT2D eigenvalue weighted by atomic mass is 9.97. The van der Waals surface area contributed by atoms with Gasteiger partial charge in [-0.2, -0.15) is 0 Å². The maximum absolute atomic E-state index is 12.2. The second kappa shape index (κ2) is 15.5. The summed E-state index contributed by atoms with van der Waals surface area (Å²) < 4.78 is 11.4. The van der Waals surface area contributed by atoms with E-state index in [0.717, 1.165) is 47.8 Å². The number of unbranched alkanes of at least 4 members (excludes halogenated alkanes) is 4. The molecule has 0 bridgehead atoms. The van der Waals surface area contributed by atoms with Crippen LogP contribution in [0.25, 0.3) is 11.1 Å². The Labute approximate surface area is 201 Å². The first kappa shape index (κ1) is 27.0. The van der Waals surface area contributed by atoms with Gasteiger partial charge in [-0.15, -0.1) is 0 Å². The maximum Gasteiger partial charge on any atom is 0.306 e. The molecule has 2 rings (SSSR count). The van der Waals surface area contributed by atoms with Crippen molar-refractivity contribution in [1.82, 2.24) is 0 Å². The Morgan fingerprint density at radius 3 is 2.06 bits per heavy atom. The van der Waals surface area contributed by atoms with Crippen LogP contribution < -0.4 is 4.74 Å². The fourth-order valence-corrected chi connectivity index (χ4v) is 3.92. The van der Waals surface area contributed by atoms with Crippen molar-refractivity contribution in [2.24, 2.45) is 11.8 Å². The van der Waals surface area contributed by atoms with Gasteiger partial charge >= 0.3 is 5.97 Å². The summed E-state index contributed by atoms with van der Waals surface area (Å²) in [5.41, 5.74) is 3.32. The summed E-state index contributed by atoms with van der Waals surface area (Å²) in [6.07, 6.45) is 10.2. The third kappa shape index (κ3) is 11.4. The first-order valence-corrected chi connectivity index (χ1v) is 13.0. The normalized spacial score (nSPS) is 12.0. The number of ether oxygens (including phenoxy) is 2. The van der Waals surface area contributed by atoms with E-state index in [0.29, 0.717) is 18.9 Å². The molecular formula is C30H44O3. The minimum atomic E-state index is -0.0999. The topological polar surface area (TPSA) is 35.5 Å². The van der Waals surface area contributed by atoms with Crippen LogP contribution in [0.2, 0.25) is 0 Å². The van der Waals surface area contributed by atoms with Gasteiger partial charge in [0.05, 0.1) is 6.61 Å². The third-order valence-electron chi connectivity index (χ3n) is 6.05. The van der Waals surface area contributed by atoms with E-state index in [4.69, 9.17) is 9.47 Å². The van der Waals surface area contributed by atoms with Crippen molar-refractivity contribution in [3.05, 3.63) is 54.1 Å². The van der Waals surface area contributed by atoms with Gasteiger partial charge < -0.3 is 9.47 Å². The fraction of sp³-hybridized carbons (Fsp3) is 0.567. The van der Waals surface area contributed by atoms with Crippen LogP contribution in [0.1, 0.15) is 91.0 Å². The molecule has 182 valence electrons. The molecule has 0 N–H and O–H groups in total. The molecule has 0 aliphatic heterocycles. The third-order valence-corrected chi connectivity index (χ3v) is 6.05. The number of carbonyl (C=O) groups excluding carboxylic acids is 1. The van der Waals surface area contributed by atoms with Gasteiger partial charge in [0.2, 0.25) is 0 Å². The summed E-state index contributed by atoms with van der Waals surface area (Å²) in [4.78, 5) is 12.2. The highest BCUT2D eigenvalue weighted by Gasteiger charge is 2.11. The smallest absolute Gasteiger partial charge is 0.306 e. The molecule has 0 aliphatic carbocycles. The summed E-state index contributed by atoms with van der Waals surface area (Å²) in [5, 5.41) is 0. The van der Waals surface area contributed by atoms with E-state index in [9.17, 15) is 4.79 Å². The van der Waals surface area contributed by atoms with Gasteiger partial charge in [0.15, 0.2) is 0 Å². The van der Waals surface area contributed by atoms with E-state index in [1.54, 1.807) is 0 Å². The van der Waals surface area contributed by atoms with Crippen LogP contribution in [0.5, 0.6) is 5.75 Å². The van der Waals surface area contributed by atoms with Crippen molar-refractivity contribution in [3.63, 3.8) is 0 Å². The molecular weight excluding hydrogens is 408 g/mol. The van der Waals surface area contributed by atoms with E-state index in [-0.39, 0.29) is 5.97 Å². The minimum Gasteiger partial charge on any atom is -0.494 e.